The molecule has 3 atom stereocenters. The Kier molecular flexibility index (Phi) is 5.65. The lowest BCUT2D eigenvalue weighted by molar-refractivity contribution is 0.0666. The third-order valence-corrected chi connectivity index (χ3v) is 9.09. The minimum absolute atomic E-state index is 0.171. The lowest BCUT2D eigenvalue weighted by atomic mass is 9.64. The van der Waals surface area contributed by atoms with Crippen LogP contribution in [0.3, 0.4) is 0 Å². The third-order valence-electron chi connectivity index (χ3n) is 8.56. The molecule has 3 aliphatic rings. The first-order valence-corrected chi connectivity index (χ1v) is 13.9. The Morgan fingerprint density at radius 1 is 0.850 bits per heavy atom. The predicted molar refractivity (Wildman–Crippen MR) is 157 cm³/mol. The molecule has 0 saturated carbocycles. The largest absolute Gasteiger partial charge is 0.497 e. The van der Waals surface area contributed by atoms with Gasteiger partial charge in [0.2, 0.25) is 0 Å². The topological polar surface area (TPSA) is 63.7 Å². The van der Waals surface area contributed by atoms with E-state index in [0.29, 0.717) is 22.4 Å². The fraction of sp³-hybridized carbons (Fsp3) is 0.147. The molecule has 0 amide bonds. The van der Waals surface area contributed by atoms with Gasteiger partial charge in [-0.1, -0.05) is 94.8 Å². The molecular weight excluding hydrogens is 566 g/mol. The fourth-order valence-corrected chi connectivity index (χ4v) is 7.17. The van der Waals surface area contributed by atoms with Gasteiger partial charge in [-0.25, -0.2) is 0 Å². The summed E-state index contributed by atoms with van der Waals surface area (Å²) in [6.07, 6.45) is 3.91. The van der Waals surface area contributed by atoms with Crippen LogP contribution >= 0.6 is 15.9 Å². The van der Waals surface area contributed by atoms with Gasteiger partial charge in [0, 0.05) is 32.8 Å². The maximum absolute atomic E-state index is 14.7. The van der Waals surface area contributed by atoms with E-state index < -0.39 is 23.4 Å². The highest BCUT2D eigenvalue weighted by Crippen LogP contribution is 2.61. The van der Waals surface area contributed by atoms with E-state index in [9.17, 15) is 14.4 Å². The number of anilines is 1. The van der Waals surface area contributed by atoms with Gasteiger partial charge in [0.1, 0.15) is 17.2 Å². The summed E-state index contributed by atoms with van der Waals surface area (Å²) in [6, 6.07) is 28.1. The van der Waals surface area contributed by atoms with Crippen LogP contribution in [0.4, 0.5) is 5.69 Å². The SMILES string of the molecule is COc1cccc(C(=O)[C@H]2[C@H](c3ccc(Br)cc3)C3(C(=O)c4ccccc4C3=O)[C@@H]3C=Cc4ccccc4N32)c1. The van der Waals surface area contributed by atoms with Gasteiger partial charge >= 0.3 is 0 Å². The number of benzene rings is 4. The summed E-state index contributed by atoms with van der Waals surface area (Å²) in [4.78, 5) is 46.0. The van der Waals surface area contributed by atoms with E-state index in [0.717, 1.165) is 21.3 Å². The number of hydrogen-bond donors (Lipinski definition) is 0. The zero-order valence-electron chi connectivity index (χ0n) is 21.6. The lowest BCUT2D eigenvalue weighted by Gasteiger charge is -2.37. The van der Waals surface area contributed by atoms with Gasteiger partial charge in [-0.2, -0.15) is 0 Å². The van der Waals surface area contributed by atoms with Gasteiger partial charge in [-0.3, -0.25) is 14.4 Å². The average molecular weight is 590 g/mol. The number of Topliss-reactive ketones (excluding diaryl/α,β-unsaturated/α-hetero) is 3. The number of fused-ring (bicyclic) bond motifs is 5. The van der Waals surface area contributed by atoms with Gasteiger partial charge in [0.05, 0.1) is 13.2 Å². The summed E-state index contributed by atoms with van der Waals surface area (Å²) in [7, 11) is 1.56. The van der Waals surface area contributed by atoms with Crippen LogP contribution in [-0.4, -0.2) is 36.5 Å². The Morgan fingerprint density at radius 2 is 1.52 bits per heavy atom. The Balaban J connectivity index is 1.54. The molecule has 196 valence electrons. The number of halogens is 1. The number of carbonyl (C=O) groups is 3. The molecule has 0 aromatic heterocycles. The van der Waals surface area contributed by atoms with Crippen LogP contribution in [0.2, 0.25) is 0 Å². The molecule has 40 heavy (non-hydrogen) atoms. The van der Waals surface area contributed by atoms with E-state index in [1.54, 1.807) is 55.6 Å². The summed E-state index contributed by atoms with van der Waals surface area (Å²) in [5, 5.41) is 0. The summed E-state index contributed by atoms with van der Waals surface area (Å²) < 4.78 is 6.30. The van der Waals surface area contributed by atoms with Crippen molar-refractivity contribution in [2.24, 2.45) is 5.41 Å². The van der Waals surface area contributed by atoms with Crippen molar-refractivity contribution in [3.05, 3.63) is 135 Å². The van der Waals surface area contributed by atoms with Crippen LogP contribution in [0.15, 0.2) is 108 Å². The maximum Gasteiger partial charge on any atom is 0.186 e. The Labute approximate surface area is 240 Å². The van der Waals surface area contributed by atoms with Crippen molar-refractivity contribution in [2.75, 3.05) is 12.0 Å². The molecule has 0 unspecified atom stereocenters. The van der Waals surface area contributed by atoms with Gasteiger partial charge in [-0.05, 0) is 41.5 Å². The Hall–Kier alpha value is -4.29. The molecule has 6 heteroatoms. The first kappa shape index (κ1) is 24.7. The van der Waals surface area contributed by atoms with E-state index in [2.05, 4.69) is 15.9 Å². The van der Waals surface area contributed by atoms with Crippen LogP contribution in [-0.2, 0) is 0 Å². The van der Waals surface area contributed by atoms with Crippen LogP contribution in [0.5, 0.6) is 5.75 Å². The van der Waals surface area contributed by atoms with Crippen LogP contribution in [0, 0.1) is 5.41 Å². The number of rotatable bonds is 4. The number of ether oxygens (including phenoxy) is 1. The van der Waals surface area contributed by atoms with Crippen LogP contribution in [0.1, 0.15) is 48.1 Å². The van der Waals surface area contributed by atoms with Crippen molar-refractivity contribution in [1.82, 2.24) is 0 Å². The number of para-hydroxylation sites is 1. The van der Waals surface area contributed by atoms with Crippen LogP contribution < -0.4 is 9.64 Å². The second kappa shape index (κ2) is 9.14. The van der Waals surface area contributed by atoms with Crippen molar-refractivity contribution in [1.29, 1.82) is 0 Å². The quantitative estimate of drug-likeness (QED) is 0.194. The Bertz CT molecular complexity index is 1710. The molecule has 2 aliphatic heterocycles. The highest BCUT2D eigenvalue weighted by molar-refractivity contribution is 9.10. The fourth-order valence-electron chi connectivity index (χ4n) is 6.91. The summed E-state index contributed by atoms with van der Waals surface area (Å²) in [5.74, 6) is -0.820. The molecule has 4 aromatic carbocycles. The minimum Gasteiger partial charge on any atom is -0.497 e. The second-order valence-corrected chi connectivity index (χ2v) is 11.3. The van der Waals surface area contributed by atoms with E-state index in [-0.39, 0.29) is 17.3 Å². The second-order valence-electron chi connectivity index (χ2n) is 10.4. The molecule has 0 N–H and O–H groups in total. The molecule has 1 spiro atoms. The van der Waals surface area contributed by atoms with Crippen molar-refractivity contribution >= 4 is 45.0 Å². The lowest BCUT2D eigenvalue weighted by Crippen LogP contribution is -2.48. The van der Waals surface area contributed by atoms with Gasteiger partial charge in [-0.15, -0.1) is 0 Å². The molecule has 1 fully saturated rings. The highest BCUT2D eigenvalue weighted by Gasteiger charge is 2.71. The first-order chi connectivity index (χ1) is 19.5. The standard InChI is InChI=1S/C34H24BrNO4/c1-40-24-9-6-8-22(19-24)31(37)30-29(21-13-16-23(35)17-14-21)34(32(38)25-10-3-4-11-26(25)33(34)39)28-18-15-20-7-2-5-12-27(20)36(28)30/h2-19,28-30H,1H3/t28-,29-,30+/m0/s1. The summed E-state index contributed by atoms with van der Waals surface area (Å²) >= 11 is 3.52. The maximum atomic E-state index is 14.7. The molecule has 7 rings (SSSR count). The third kappa shape index (κ3) is 3.29. The van der Waals surface area contributed by atoms with Crippen molar-refractivity contribution < 1.29 is 19.1 Å². The van der Waals surface area contributed by atoms with Gasteiger partial charge < -0.3 is 9.64 Å². The number of methoxy groups -OCH3 is 1. The van der Waals surface area contributed by atoms with Crippen molar-refractivity contribution in [3.8, 4) is 5.75 Å². The molecule has 0 radical (unpaired) electrons. The number of carbonyl (C=O) groups excluding carboxylic acids is 3. The first-order valence-electron chi connectivity index (χ1n) is 13.1. The van der Waals surface area contributed by atoms with Crippen LogP contribution in [0.25, 0.3) is 6.08 Å². The van der Waals surface area contributed by atoms with Crippen molar-refractivity contribution in [2.45, 2.75) is 18.0 Å². The molecule has 2 heterocycles. The number of nitrogens with zero attached hydrogens (tertiary/aromatic N) is 1. The summed E-state index contributed by atoms with van der Waals surface area (Å²) in [6.45, 7) is 0. The zero-order valence-corrected chi connectivity index (χ0v) is 23.2. The molecule has 4 aromatic rings. The van der Waals surface area contributed by atoms with E-state index in [4.69, 9.17) is 4.74 Å². The molecule has 1 aliphatic carbocycles. The normalized spacial score (nSPS) is 21.8. The minimum atomic E-state index is -1.51. The van der Waals surface area contributed by atoms with E-state index in [1.165, 1.54) is 0 Å². The highest BCUT2D eigenvalue weighted by atomic mass is 79.9. The van der Waals surface area contributed by atoms with E-state index >= 15 is 0 Å². The molecular formula is C34H24BrNO4. The smallest absolute Gasteiger partial charge is 0.186 e. The number of ketones is 3. The van der Waals surface area contributed by atoms with Gasteiger partial charge in [0.15, 0.2) is 17.3 Å². The molecule has 5 nitrogen and oxygen atoms in total. The monoisotopic (exact) mass is 589 g/mol. The number of hydrogen-bond acceptors (Lipinski definition) is 5. The van der Waals surface area contributed by atoms with E-state index in [1.807, 2.05) is 65.6 Å². The Morgan fingerprint density at radius 3 is 2.23 bits per heavy atom. The van der Waals surface area contributed by atoms with Gasteiger partial charge in [0.25, 0.3) is 0 Å². The molecule has 0 bridgehead atoms. The van der Waals surface area contributed by atoms with Crippen molar-refractivity contribution in [3.63, 3.8) is 0 Å². The molecule has 1 saturated heterocycles. The summed E-state index contributed by atoms with van der Waals surface area (Å²) in [5.41, 5.74) is 2.30. The predicted octanol–water partition coefficient (Wildman–Crippen LogP) is 6.77. The zero-order chi connectivity index (χ0) is 27.6. The average Bonchev–Trinajstić information content (AvgIpc) is 3.43.